The van der Waals surface area contributed by atoms with Gasteiger partial charge in [-0.15, -0.1) is 0 Å². The summed E-state index contributed by atoms with van der Waals surface area (Å²) in [5, 5.41) is 6.55. The first kappa shape index (κ1) is 29.6. The number of nitrogens with one attached hydrogen (secondary N) is 2. The van der Waals surface area contributed by atoms with Crippen LogP contribution in [0.3, 0.4) is 0 Å². The number of ether oxygens (including phenoxy) is 1. The van der Waals surface area contributed by atoms with Gasteiger partial charge in [0.15, 0.2) is 11.5 Å². The molecule has 2 heterocycles. The fourth-order valence-electron chi connectivity index (χ4n) is 4.57. The Kier molecular flexibility index (Phi) is 9.17. The van der Waals surface area contributed by atoms with Crippen molar-refractivity contribution in [3.8, 4) is 5.75 Å². The Morgan fingerprint density at radius 3 is 2.55 bits per heavy atom. The van der Waals surface area contributed by atoms with Crippen molar-refractivity contribution in [3.05, 3.63) is 59.3 Å². The second-order valence-corrected chi connectivity index (χ2v) is 12.5. The maximum absolute atomic E-state index is 13.3. The Hall–Kier alpha value is -3.41. The third kappa shape index (κ3) is 6.83. The van der Waals surface area contributed by atoms with Crippen LogP contribution >= 0.6 is 11.6 Å². The molecule has 1 saturated heterocycles. The molecule has 1 aromatic heterocycles. The SMILES string of the molecule is COc1ccc2oc(C(=O)NC(CC(C)C)C(=O)N[C@H]3CCCN(S(=O)(=O)c4ccc(Cl)cc4)CC3=O)cc2c1. The molecule has 2 aromatic carbocycles. The molecular weight excluding hydrogens is 558 g/mol. The zero-order valence-electron chi connectivity index (χ0n) is 22.5. The molecule has 1 fully saturated rings. The lowest BCUT2D eigenvalue weighted by atomic mass is 10.0. The number of nitrogens with zero attached hydrogens (tertiary/aromatic N) is 1. The summed E-state index contributed by atoms with van der Waals surface area (Å²) in [6, 6.07) is 10.6. The van der Waals surface area contributed by atoms with E-state index in [0.29, 0.717) is 34.6 Å². The van der Waals surface area contributed by atoms with Crippen molar-refractivity contribution in [1.29, 1.82) is 0 Å². The molecule has 40 heavy (non-hydrogen) atoms. The Balaban J connectivity index is 1.44. The molecule has 2 amide bonds. The number of hydrogen-bond donors (Lipinski definition) is 2. The molecule has 1 aliphatic heterocycles. The first-order chi connectivity index (χ1) is 19.0. The van der Waals surface area contributed by atoms with Gasteiger partial charge in [-0.2, -0.15) is 4.31 Å². The molecule has 0 bridgehead atoms. The van der Waals surface area contributed by atoms with Crippen LogP contribution in [0.5, 0.6) is 5.75 Å². The van der Waals surface area contributed by atoms with Gasteiger partial charge in [-0.05, 0) is 73.7 Å². The van der Waals surface area contributed by atoms with E-state index in [1.807, 2.05) is 13.8 Å². The molecule has 1 aliphatic rings. The van der Waals surface area contributed by atoms with Gasteiger partial charge in [0.1, 0.15) is 17.4 Å². The van der Waals surface area contributed by atoms with Crippen molar-refractivity contribution in [2.24, 2.45) is 5.92 Å². The molecule has 2 N–H and O–H groups in total. The minimum Gasteiger partial charge on any atom is -0.497 e. The van der Waals surface area contributed by atoms with Crippen LogP contribution in [0.15, 0.2) is 57.8 Å². The summed E-state index contributed by atoms with van der Waals surface area (Å²) in [5.41, 5.74) is 0.498. The van der Waals surface area contributed by atoms with Gasteiger partial charge in [0.25, 0.3) is 5.91 Å². The van der Waals surface area contributed by atoms with Gasteiger partial charge in [0.05, 0.1) is 24.6 Å². The first-order valence-electron chi connectivity index (χ1n) is 12.9. The van der Waals surface area contributed by atoms with Crippen LogP contribution in [0.2, 0.25) is 5.02 Å². The predicted octanol–water partition coefficient (Wildman–Crippen LogP) is 3.78. The number of ketones is 1. The molecule has 12 heteroatoms. The average Bonchev–Trinajstić information content (AvgIpc) is 3.25. The van der Waals surface area contributed by atoms with Crippen LogP contribution < -0.4 is 15.4 Å². The summed E-state index contributed by atoms with van der Waals surface area (Å²) in [6.45, 7) is 3.58. The number of hydrogen-bond acceptors (Lipinski definition) is 7. The molecule has 10 nitrogen and oxygen atoms in total. The molecule has 1 unspecified atom stereocenters. The number of methoxy groups -OCH3 is 1. The average molecular weight is 590 g/mol. The van der Waals surface area contributed by atoms with E-state index in [2.05, 4.69) is 10.6 Å². The summed E-state index contributed by atoms with van der Waals surface area (Å²) in [7, 11) is -2.37. The van der Waals surface area contributed by atoms with Crippen LogP contribution in [-0.4, -0.2) is 62.6 Å². The second kappa shape index (κ2) is 12.4. The number of halogens is 1. The highest BCUT2D eigenvalue weighted by atomic mass is 35.5. The van der Waals surface area contributed by atoms with E-state index in [9.17, 15) is 22.8 Å². The van der Waals surface area contributed by atoms with Crippen LogP contribution in [-0.2, 0) is 19.6 Å². The van der Waals surface area contributed by atoms with Crippen molar-refractivity contribution in [1.82, 2.24) is 14.9 Å². The van der Waals surface area contributed by atoms with Gasteiger partial charge in [0, 0.05) is 17.0 Å². The Morgan fingerprint density at radius 2 is 1.88 bits per heavy atom. The molecule has 0 aliphatic carbocycles. The lowest BCUT2D eigenvalue weighted by Gasteiger charge is -2.23. The van der Waals surface area contributed by atoms with Gasteiger partial charge in [-0.3, -0.25) is 14.4 Å². The van der Waals surface area contributed by atoms with Gasteiger partial charge in [0.2, 0.25) is 15.9 Å². The first-order valence-corrected chi connectivity index (χ1v) is 14.8. The van der Waals surface area contributed by atoms with Crippen LogP contribution in [0.1, 0.15) is 43.7 Å². The number of sulfonamides is 1. The Labute approximate surface area is 238 Å². The standard InChI is InChI=1S/C28H32ClN3O7S/c1-17(2)13-23(31-28(35)26-15-18-14-20(38-3)8-11-25(18)39-26)27(34)30-22-5-4-12-32(16-24(22)33)40(36,37)21-9-6-19(29)7-10-21/h6-11,14-15,17,22-23H,4-5,12-13,16H2,1-3H3,(H,30,34)(H,31,35)/t22-,23?/m0/s1. The Bertz CT molecular complexity index is 1500. The molecule has 214 valence electrons. The summed E-state index contributed by atoms with van der Waals surface area (Å²) in [6.07, 6.45) is 0.960. The lowest BCUT2D eigenvalue weighted by molar-refractivity contribution is -0.129. The minimum atomic E-state index is -3.92. The van der Waals surface area contributed by atoms with Crippen molar-refractivity contribution in [3.63, 3.8) is 0 Å². The van der Waals surface area contributed by atoms with Crippen LogP contribution in [0.25, 0.3) is 11.0 Å². The summed E-state index contributed by atoms with van der Waals surface area (Å²) in [4.78, 5) is 39.4. The predicted molar refractivity (Wildman–Crippen MR) is 150 cm³/mol. The second-order valence-electron chi connectivity index (χ2n) is 10.1. The minimum absolute atomic E-state index is 0.0379. The number of benzene rings is 2. The van der Waals surface area contributed by atoms with Crippen LogP contribution in [0.4, 0.5) is 0 Å². The molecular formula is C28H32ClN3O7S. The number of carbonyl (C=O) groups is 3. The molecule has 3 aromatic rings. The summed E-state index contributed by atoms with van der Waals surface area (Å²) >= 11 is 5.88. The number of Topliss-reactive ketones (excluding diaryl/α,β-unsaturated/α-hetero) is 1. The molecule has 4 rings (SSSR count). The Morgan fingerprint density at radius 1 is 1.15 bits per heavy atom. The number of carbonyl (C=O) groups excluding carboxylic acids is 3. The van der Waals surface area contributed by atoms with Crippen molar-refractivity contribution in [2.45, 2.75) is 50.1 Å². The van der Waals surface area contributed by atoms with E-state index < -0.39 is 39.7 Å². The van der Waals surface area contributed by atoms with Gasteiger partial charge in [-0.1, -0.05) is 25.4 Å². The topological polar surface area (TPSA) is 135 Å². The molecule has 0 spiro atoms. The highest BCUT2D eigenvalue weighted by molar-refractivity contribution is 7.89. The number of amides is 2. The fraction of sp³-hybridized carbons (Fsp3) is 0.393. The quantitative estimate of drug-likeness (QED) is 0.388. The molecule has 2 atom stereocenters. The third-order valence-corrected chi connectivity index (χ3v) is 8.78. The monoisotopic (exact) mass is 589 g/mol. The molecule has 0 radical (unpaired) electrons. The zero-order chi connectivity index (χ0) is 29.0. The summed E-state index contributed by atoms with van der Waals surface area (Å²) in [5.74, 6) is -0.802. The smallest absolute Gasteiger partial charge is 0.287 e. The van der Waals surface area contributed by atoms with Gasteiger partial charge < -0.3 is 19.8 Å². The van der Waals surface area contributed by atoms with Crippen LogP contribution in [0, 0.1) is 5.92 Å². The van der Waals surface area contributed by atoms with Crippen molar-refractivity contribution in [2.75, 3.05) is 20.2 Å². The van der Waals surface area contributed by atoms with E-state index >= 15 is 0 Å². The number of rotatable bonds is 9. The highest BCUT2D eigenvalue weighted by Gasteiger charge is 2.34. The lowest BCUT2D eigenvalue weighted by Crippen LogP contribution is -2.52. The maximum Gasteiger partial charge on any atom is 0.287 e. The van der Waals surface area contributed by atoms with E-state index in [0.717, 1.165) is 4.31 Å². The van der Waals surface area contributed by atoms with Gasteiger partial charge >= 0.3 is 0 Å². The van der Waals surface area contributed by atoms with E-state index in [4.69, 9.17) is 20.8 Å². The highest BCUT2D eigenvalue weighted by Crippen LogP contribution is 2.25. The normalized spacial score (nSPS) is 17.4. The van der Waals surface area contributed by atoms with E-state index in [-0.39, 0.29) is 36.1 Å². The van der Waals surface area contributed by atoms with Crippen molar-refractivity contribution >= 4 is 50.2 Å². The zero-order valence-corrected chi connectivity index (χ0v) is 24.0. The van der Waals surface area contributed by atoms with Gasteiger partial charge in [-0.25, -0.2) is 8.42 Å². The third-order valence-electron chi connectivity index (χ3n) is 6.67. The molecule has 0 saturated carbocycles. The van der Waals surface area contributed by atoms with E-state index in [1.54, 1.807) is 31.4 Å². The van der Waals surface area contributed by atoms with E-state index in [1.165, 1.54) is 24.3 Å². The number of furan rings is 1. The number of fused-ring (bicyclic) bond motifs is 1. The largest absolute Gasteiger partial charge is 0.497 e. The van der Waals surface area contributed by atoms with Crippen molar-refractivity contribution < 1.29 is 32.0 Å². The summed E-state index contributed by atoms with van der Waals surface area (Å²) < 4.78 is 38.2. The fourth-order valence-corrected chi connectivity index (χ4v) is 6.15. The maximum atomic E-state index is 13.3.